The number of hydrogen-bond acceptors (Lipinski definition) is 5. The number of benzene rings is 3. The van der Waals surface area contributed by atoms with Crippen LogP contribution in [0.25, 0.3) is 0 Å². The number of alkyl halides is 3. The Morgan fingerprint density at radius 3 is 2.08 bits per heavy atom. The smallest absolute Gasteiger partial charge is 0.326 e. The Bertz CT molecular complexity index is 1550. The standard InChI is InChI=1S/C25H25ClF3N3O5S2/c1-17-5-10-20(11-6-17)32(38(2,34)35)15-3-4-24(33)30-18-7-12-21(13-8-18)39(36,37)31-19-9-14-23(26)22(16-19)25(27,28)29/h5-14,16,31H,3-4,15H2,1-2H3,(H,30,33). The van der Waals surface area contributed by atoms with Gasteiger partial charge in [-0.3, -0.25) is 13.8 Å². The number of sulfonamides is 2. The van der Waals surface area contributed by atoms with Gasteiger partial charge in [0.25, 0.3) is 10.0 Å². The molecule has 0 heterocycles. The van der Waals surface area contributed by atoms with E-state index in [1.54, 1.807) is 24.3 Å². The maximum atomic E-state index is 13.1. The summed E-state index contributed by atoms with van der Waals surface area (Å²) in [7, 11) is -7.80. The normalized spacial score (nSPS) is 12.2. The van der Waals surface area contributed by atoms with Crippen LogP contribution in [-0.4, -0.2) is 35.5 Å². The molecule has 210 valence electrons. The summed E-state index contributed by atoms with van der Waals surface area (Å²) in [5.74, 6) is -0.415. The van der Waals surface area contributed by atoms with Crippen molar-refractivity contribution in [1.29, 1.82) is 0 Å². The summed E-state index contributed by atoms with van der Waals surface area (Å²) in [5, 5.41) is 2.03. The molecule has 39 heavy (non-hydrogen) atoms. The highest BCUT2D eigenvalue weighted by molar-refractivity contribution is 7.92. The Hall–Kier alpha value is -3.29. The van der Waals surface area contributed by atoms with Gasteiger partial charge in [-0.1, -0.05) is 29.3 Å². The number of nitrogens with zero attached hydrogens (tertiary/aromatic N) is 1. The zero-order chi connectivity index (χ0) is 29.0. The third-order valence-corrected chi connectivity index (χ3v) is 8.38. The van der Waals surface area contributed by atoms with E-state index in [-0.39, 0.29) is 35.7 Å². The first kappa shape index (κ1) is 30.3. The predicted octanol–water partition coefficient (Wildman–Crippen LogP) is 5.65. The van der Waals surface area contributed by atoms with Gasteiger partial charge in [-0.15, -0.1) is 0 Å². The highest BCUT2D eigenvalue weighted by Crippen LogP contribution is 2.36. The van der Waals surface area contributed by atoms with E-state index in [1.807, 2.05) is 6.92 Å². The molecule has 0 aromatic heterocycles. The van der Waals surface area contributed by atoms with Crippen LogP contribution in [0, 0.1) is 6.92 Å². The van der Waals surface area contributed by atoms with Crippen molar-refractivity contribution in [2.75, 3.05) is 27.1 Å². The number of halogens is 4. The molecule has 0 saturated carbocycles. The van der Waals surface area contributed by atoms with Gasteiger partial charge in [0.2, 0.25) is 15.9 Å². The number of aryl methyl sites for hydroxylation is 1. The van der Waals surface area contributed by atoms with Gasteiger partial charge in [-0.05, 0) is 67.9 Å². The van der Waals surface area contributed by atoms with Crippen LogP contribution in [-0.2, 0) is 31.0 Å². The van der Waals surface area contributed by atoms with Crippen molar-refractivity contribution in [1.82, 2.24) is 0 Å². The lowest BCUT2D eigenvalue weighted by molar-refractivity contribution is -0.137. The number of hydrogen-bond donors (Lipinski definition) is 2. The summed E-state index contributed by atoms with van der Waals surface area (Å²) in [4.78, 5) is 12.1. The van der Waals surface area contributed by atoms with Crippen molar-refractivity contribution in [2.24, 2.45) is 0 Å². The van der Waals surface area contributed by atoms with Crippen LogP contribution in [0.3, 0.4) is 0 Å². The topological polar surface area (TPSA) is 113 Å². The molecule has 0 radical (unpaired) electrons. The summed E-state index contributed by atoms with van der Waals surface area (Å²) < 4.78 is 92.2. The van der Waals surface area contributed by atoms with Gasteiger partial charge in [0.05, 0.1) is 27.4 Å². The lowest BCUT2D eigenvalue weighted by atomic mass is 10.2. The van der Waals surface area contributed by atoms with Crippen molar-refractivity contribution in [3.8, 4) is 0 Å². The van der Waals surface area contributed by atoms with Crippen LogP contribution >= 0.6 is 11.6 Å². The van der Waals surface area contributed by atoms with E-state index in [0.29, 0.717) is 11.8 Å². The van der Waals surface area contributed by atoms with Crippen molar-refractivity contribution in [2.45, 2.75) is 30.8 Å². The molecule has 0 spiro atoms. The van der Waals surface area contributed by atoms with E-state index in [0.717, 1.165) is 24.0 Å². The summed E-state index contributed by atoms with van der Waals surface area (Å²) in [6.45, 7) is 1.96. The zero-order valence-corrected chi connectivity index (χ0v) is 23.2. The number of carbonyl (C=O) groups excluding carboxylic acids is 1. The number of amides is 1. The third-order valence-electron chi connectivity index (χ3n) is 5.46. The molecule has 1 amide bonds. The molecule has 14 heteroatoms. The first-order valence-electron chi connectivity index (χ1n) is 11.4. The second-order valence-corrected chi connectivity index (χ2v) is 12.6. The van der Waals surface area contributed by atoms with Crippen LogP contribution in [0.5, 0.6) is 0 Å². The molecule has 3 aromatic carbocycles. The molecule has 0 unspecified atom stereocenters. The lowest BCUT2D eigenvalue weighted by Gasteiger charge is -2.22. The summed E-state index contributed by atoms with van der Waals surface area (Å²) >= 11 is 5.57. The number of anilines is 3. The third kappa shape index (κ3) is 8.35. The highest BCUT2D eigenvalue weighted by Gasteiger charge is 2.33. The van der Waals surface area contributed by atoms with Gasteiger partial charge in [0, 0.05) is 24.3 Å². The fourth-order valence-electron chi connectivity index (χ4n) is 3.54. The Balaban J connectivity index is 1.60. The molecule has 0 bridgehead atoms. The molecule has 0 fully saturated rings. The molecule has 0 aliphatic rings. The summed E-state index contributed by atoms with van der Waals surface area (Å²) in [6.07, 6.45) is -3.45. The van der Waals surface area contributed by atoms with E-state index < -0.39 is 42.7 Å². The van der Waals surface area contributed by atoms with E-state index in [2.05, 4.69) is 10.0 Å². The van der Waals surface area contributed by atoms with E-state index in [4.69, 9.17) is 11.6 Å². The lowest BCUT2D eigenvalue weighted by Crippen LogP contribution is -2.31. The molecule has 0 saturated heterocycles. The molecular weight excluding hydrogens is 579 g/mol. The maximum absolute atomic E-state index is 13.1. The zero-order valence-electron chi connectivity index (χ0n) is 20.8. The van der Waals surface area contributed by atoms with E-state index >= 15 is 0 Å². The number of carbonyl (C=O) groups is 1. The monoisotopic (exact) mass is 603 g/mol. The second kappa shape index (κ2) is 11.8. The minimum atomic E-state index is -4.76. The molecule has 8 nitrogen and oxygen atoms in total. The van der Waals surface area contributed by atoms with Crippen LogP contribution in [0.1, 0.15) is 24.0 Å². The number of nitrogens with one attached hydrogen (secondary N) is 2. The Kier molecular flexibility index (Phi) is 9.19. The quantitative estimate of drug-likeness (QED) is 0.311. The fraction of sp³-hybridized carbons (Fsp3) is 0.240. The van der Waals surface area contributed by atoms with Crippen molar-refractivity contribution in [3.63, 3.8) is 0 Å². The van der Waals surface area contributed by atoms with E-state index in [1.165, 1.54) is 28.6 Å². The first-order valence-corrected chi connectivity index (χ1v) is 15.1. The molecule has 2 N–H and O–H groups in total. The van der Waals surface area contributed by atoms with Gasteiger partial charge in [-0.25, -0.2) is 16.8 Å². The van der Waals surface area contributed by atoms with Gasteiger partial charge >= 0.3 is 6.18 Å². The summed E-state index contributed by atoms with van der Waals surface area (Å²) in [5.41, 5.74) is 0.242. The first-order chi connectivity index (χ1) is 18.1. The van der Waals surface area contributed by atoms with Crippen molar-refractivity contribution >= 4 is 54.6 Å². The van der Waals surface area contributed by atoms with Gasteiger partial charge in [-0.2, -0.15) is 13.2 Å². The van der Waals surface area contributed by atoms with Gasteiger partial charge in [0.15, 0.2) is 0 Å². The molecule has 0 aliphatic carbocycles. The maximum Gasteiger partial charge on any atom is 0.417 e. The van der Waals surface area contributed by atoms with Crippen molar-refractivity contribution < 1.29 is 34.8 Å². The van der Waals surface area contributed by atoms with Gasteiger partial charge in [0.1, 0.15) is 0 Å². The largest absolute Gasteiger partial charge is 0.417 e. The summed E-state index contributed by atoms with van der Waals surface area (Å²) in [6, 6.07) is 14.6. The van der Waals surface area contributed by atoms with E-state index in [9.17, 15) is 34.8 Å². The van der Waals surface area contributed by atoms with Gasteiger partial charge < -0.3 is 5.32 Å². The predicted molar refractivity (Wildman–Crippen MR) is 145 cm³/mol. The minimum absolute atomic E-state index is 0.00239. The van der Waals surface area contributed by atoms with Crippen LogP contribution in [0.2, 0.25) is 5.02 Å². The second-order valence-electron chi connectivity index (χ2n) is 8.64. The molecule has 3 rings (SSSR count). The van der Waals surface area contributed by atoms with Crippen LogP contribution in [0.4, 0.5) is 30.2 Å². The van der Waals surface area contributed by atoms with Crippen LogP contribution in [0.15, 0.2) is 71.6 Å². The Morgan fingerprint density at radius 2 is 1.51 bits per heavy atom. The SMILES string of the molecule is Cc1ccc(N(CCCC(=O)Nc2ccc(S(=O)(=O)Nc3ccc(Cl)c(C(F)(F)F)c3)cc2)S(C)(=O)=O)cc1. The fourth-order valence-corrected chi connectivity index (χ4v) is 5.78. The highest BCUT2D eigenvalue weighted by atomic mass is 35.5. The average molecular weight is 604 g/mol. The molecule has 0 aliphatic heterocycles. The molecule has 3 aromatic rings. The molecule has 0 atom stereocenters. The van der Waals surface area contributed by atoms with Crippen molar-refractivity contribution in [3.05, 3.63) is 82.9 Å². The van der Waals surface area contributed by atoms with Crippen LogP contribution < -0.4 is 14.3 Å². The minimum Gasteiger partial charge on any atom is -0.326 e. The number of rotatable bonds is 10. The Labute approximate surface area is 229 Å². The Morgan fingerprint density at radius 1 is 0.923 bits per heavy atom. The average Bonchev–Trinajstić information content (AvgIpc) is 2.82. The molecular formula is C25H25ClF3N3O5S2.